The lowest BCUT2D eigenvalue weighted by molar-refractivity contribution is -0.230. The summed E-state index contributed by atoms with van der Waals surface area (Å²) in [5.41, 5.74) is -1.99. The second-order valence-corrected chi connectivity index (χ2v) is 8.80. The van der Waals surface area contributed by atoms with Crippen LogP contribution < -0.4 is 0 Å². The highest BCUT2D eigenvalue weighted by atomic mass is 19.3. The molecule has 0 radical (unpaired) electrons. The van der Waals surface area contributed by atoms with Crippen molar-refractivity contribution < 1.29 is 45.4 Å². The van der Waals surface area contributed by atoms with Crippen LogP contribution in [0.3, 0.4) is 0 Å². The Morgan fingerprint density at radius 2 is 1.61 bits per heavy atom. The quantitative estimate of drug-likeness (QED) is 0.457. The van der Waals surface area contributed by atoms with Crippen LogP contribution in [0.25, 0.3) is 0 Å². The van der Waals surface area contributed by atoms with E-state index in [0.717, 1.165) is 6.42 Å². The van der Waals surface area contributed by atoms with Crippen molar-refractivity contribution in [1.82, 2.24) is 0 Å². The van der Waals surface area contributed by atoms with Gasteiger partial charge in [0.25, 0.3) is 0 Å². The van der Waals surface area contributed by atoms with E-state index < -0.39 is 47.6 Å². The molecule has 4 rings (SSSR count). The molecule has 0 N–H and O–H groups in total. The summed E-state index contributed by atoms with van der Waals surface area (Å²) in [5, 5.41) is 0. The summed E-state index contributed by atoms with van der Waals surface area (Å²) in [5.74, 6) is -11.6. The predicted octanol–water partition coefficient (Wildman–Crippen LogP) is 4.36. The van der Waals surface area contributed by atoms with E-state index in [0.29, 0.717) is 32.6 Å². The summed E-state index contributed by atoms with van der Waals surface area (Å²) < 4.78 is 88.1. The van der Waals surface area contributed by atoms with Crippen LogP contribution in [0.15, 0.2) is 0 Å². The minimum absolute atomic E-state index is 0.0126. The van der Waals surface area contributed by atoms with E-state index in [1.54, 1.807) is 0 Å². The highest BCUT2D eigenvalue weighted by molar-refractivity contribution is 5.78. The lowest BCUT2D eigenvalue weighted by Crippen LogP contribution is -2.59. The molecule has 4 saturated carbocycles. The maximum atomic E-state index is 13.7. The van der Waals surface area contributed by atoms with E-state index in [2.05, 4.69) is 0 Å². The van der Waals surface area contributed by atoms with Crippen LogP contribution in [0.4, 0.5) is 26.3 Å². The lowest BCUT2D eigenvalue weighted by atomic mass is 9.48. The minimum Gasteiger partial charge on any atom is -0.461 e. The van der Waals surface area contributed by atoms with E-state index in [1.807, 2.05) is 0 Å². The van der Waals surface area contributed by atoms with Gasteiger partial charge in [0.15, 0.2) is 0 Å². The Morgan fingerprint density at radius 1 is 1.04 bits per heavy atom. The first kappa shape index (κ1) is 21.2. The largest absolute Gasteiger partial charge is 0.461 e. The first-order valence-electron chi connectivity index (χ1n) is 9.19. The molecule has 2 atom stereocenters. The zero-order valence-electron chi connectivity index (χ0n) is 15.3. The fourth-order valence-electron chi connectivity index (χ4n) is 5.55. The molecule has 0 amide bonds. The molecule has 4 aliphatic carbocycles. The average molecular weight is 416 g/mol. The summed E-state index contributed by atoms with van der Waals surface area (Å²) in [4.78, 5) is 23.3. The zero-order valence-corrected chi connectivity index (χ0v) is 15.3. The van der Waals surface area contributed by atoms with Gasteiger partial charge in [0.2, 0.25) is 6.43 Å². The molecule has 4 bridgehead atoms. The SMILES string of the molecule is CC(F)(F)C(=O)OCC12CC3CC(C1)CC(OC(=O)C(F)(F)CC(F)F)(C3)C2. The number of halogens is 6. The molecule has 0 spiro atoms. The molecule has 160 valence electrons. The molecule has 0 aliphatic heterocycles. The van der Waals surface area contributed by atoms with Gasteiger partial charge in [-0.05, 0) is 50.4 Å². The predicted molar refractivity (Wildman–Crippen MR) is 83.1 cm³/mol. The number of carbonyl (C=O) groups is 2. The summed E-state index contributed by atoms with van der Waals surface area (Å²) in [6, 6.07) is 0. The molecule has 0 aromatic carbocycles. The number of ether oxygens (including phenoxy) is 2. The fraction of sp³-hybridized carbons (Fsp3) is 0.889. The highest BCUT2D eigenvalue weighted by Gasteiger charge is 2.61. The Balaban J connectivity index is 1.73. The van der Waals surface area contributed by atoms with Gasteiger partial charge in [-0.15, -0.1) is 0 Å². The van der Waals surface area contributed by atoms with Crippen molar-refractivity contribution >= 4 is 11.9 Å². The molecule has 2 unspecified atom stereocenters. The monoisotopic (exact) mass is 416 g/mol. The fourth-order valence-corrected chi connectivity index (χ4v) is 5.55. The minimum atomic E-state index is -4.30. The van der Waals surface area contributed by atoms with Crippen LogP contribution in [0.1, 0.15) is 51.9 Å². The first-order chi connectivity index (χ1) is 12.7. The smallest absolute Gasteiger partial charge is 0.377 e. The zero-order chi connectivity index (χ0) is 21.0. The van der Waals surface area contributed by atoms with Gasteiger partial charge in [-0.3, -0.25) is 0 Å². The van der Waals surface area contributed by atoms with Crippen molar-refractivity contribution in [3.05, 3.63) is 0 Å². The Kier molecular flexibility index (Phi) is 5.15. The van der Waals surface area contributed by atoms with Gasteiger partial charge in [-0.25, -0.2) is 18.4 Å². The third-order valence-electron chi connectivity index (χ3n) is 6.01. The standard InChI is InChI=1S/C18H22F6O4/c1-15(21,22)13(25)27-9-16-3-10-2-11(4-16)6-17(5-10,8-16)28-14(26)18(23,24)7-12(19)20/h10-12H,2-9H2,1H3. The van der Waals surface area contributed by atoms with Crippen molar-refractivity contribution in [2.45, 2.75) is 75.7 Å². The molecule has 0 heterocycles. The van der Waals surface area contributed by atoms with Crippen molar-refractivity contribution in [3.8, 4) is 0 Å². The number of rotatable bonds is 7. The third kappa shape index (κ3) is 4.25. The van der Waals surface area contributed by atoms with Gasteiger partial charge >= 0.3 is 23.8 Å². The van der Waals surface area contributed by atoms with Crippen molar-refractivity contribution in [3.63, 3.8) is 0 Å². The normalized spacial score (nSPS) is 34.6. The Labute approximate surface area is 157 Å². The van der Waals surface area contributed by atoms with Gasteiger partial charge in [-0.1, -0.05) is 0 Å². The Morgan fingerprint density at radius 3 is 2.11 bits per heavy atom. The van der Waals surface area contributed by atoms with Gasteiger partial charge < -0.3 is 9.47 Å². The number of carbonyl (C=O) groups excluding carboxylic acids is 2. The maximum Gasteiger partial charge on any atom is 0.377 e. The third-order valence-corrected chi connectivity index (χ3v) is 6.01. The van der Waals surface area contributed by atoms with E-state index in [9.17, 15) is 35.9 Å². The topological polar surface area (TPSA) is 52.6 Å². The summed E-state index contributed by atoms with van der Waals surface area (Å²) in [6.07, 6.45) is -2.65. The van der Waals surface area contributed by atoms with Crippen molar-refractivity contribution in [2.24, 2.45) is 17.3 Å². The summed E-state index contributed by atoms with van der Waals surface area (Å²) in [6.45, 7) is 0.109. The molecular weight excluding hydrogens is 394 g/mol. The molecule has 4 nitrogen and oxygen atoms in total. The number of esters is 2. The average Bonchev–Trinajstić information content (AvgIpc) is 2.48. The van der Waals surface area contributed by atoms with Gasteiger partial charge in [0.05, 0.1) is 13.0 Å². The van der Waals surface area contributed by atoms with Crippen LogP contribution in [0.2, 0.25) is 0 Å². The van der Waals surface area contributed by atoms with E-state index >= 15 is 0 Å². The molecule has 0 aromatic heterocycles. The van der Waals surface area contributed by atoms with E-state index in [1.165, 1.54) is 0 Å². The molecule has 10 heteroatoms. The highest BCUT2D eigenvalue weighted by Crippen LogP contribution is 2.63. The number of hydrogen-bond acceptors (Lipinski definition) is 4. The van der Waals surface area contributed by atoms with Crippen molar-refractivity contribution in [2.75, 3.05) is 6.61 Å². The molecule has 4 fully saturated rings. The number of alkyl halides is 6. The second kappa shape index (κ2) is 6.79. The second-order valence-electron chi connectivity index (χ2n) is 8.80. The first-order valence-corrected chi connectivity index (χ1v) is 9.19. The van der Waals surface area contributed by atoms with Crippen molar-refractivity contribution in [1.29, 1.82) is 0 Å². The van der Waals surface area contributed by atoms with Gasteiger partial charge in [0.1, 0.15) is 5.60 Å². The Hall–Kier alpha value is -1.48. The van der Waals surface area contributed by atoms with Crippen LogP contribution >= 0.6 is 0 Å². The summed E-state index contributed by atoms with van der Waals surface area (Å²) in [7, 11) is 0. The van der Waals surface area contributed by atoms with Crippen LogP contribution in [0.5, 0.6) is 0 Å². The molecule has 0 saturated heterocycles. The summed E-state index contributed by atoms with van der Waals surface area (Å²) >= 11 is 0. The lowest BCUT2D eigenvalue weighted by Gasteiger charge is -2.60. The maximum absolute atomic E-state index is 13.7. The molecule has 0 aromatic rings. The van der Waals surface area contributed by atoms with Crippen LogP contribution in [-0.4, -0.2) is 42.4 Å². The molecule has 4 aliphatic rings. The Bertz CT molecular complexity index is 630. The van der Waals surface area contributed by atoms with Gasteiger partial charge in [-0.2, -0.15) is 17.6 Å². The number of hydrogen-bond donors (Lipinski definition) is 0. The van der Waals surface area contributed by atoms with Crippen LogP contribution in [-0.2, 0) is 19.1 Å². The van der Waals surface area contributed by atoms with Gasteiger partial charge in [0, 0.05) is 12.3 Å². The van der Waals surface area contributed by atoms with E-state index in [4.69, 9.17) is 9.47 Å². The molecule has 28 heavy (non-hydrogen) atoms. The molecular formula is C18H22F6O4. The van der Waals surface area contributed by atoms with Crippen LogP contribution in [0, 0.1) is 17.3 Å². The van der Waals surface area contributed by atoms with E-state index in [-0.39, 0.29) is 24.9 Å².